The molecule has 1 aliphatic heterocycles. The van der Waals surface area contributed by atoms with Crippen molar-refractivity contribution < 1.29 is 14.3 Å². The Kier molecular flexibility index (Phi) is 4.89. The van der Waals surface area contributed by atoms with Crippen molar-refractivity contribution in [2.75, 3.05) is 25.0 Å². The third-order valence-electron chi connectivity index (χ3n) is 3.31. The molecule has 110 valence electrons. The number of aliphatic hydroxyl groups excluding tert-OH is 1. The van der Waals surface area contributed by atoms with E-state index in [0.717, 1.165) is 19.0 Å². The van der Waals surface area contributed by atoms with Crippen LogP contribution in [-0.4, -0.2) is 46.6 Å². The topological polar surface area (TPSA) is 65.5 Å². The van der Waals surface area contributed by atoms with Crippen LogP contribution in [0.3, 0.4) is 0 Å². The monoisotopic (exact) mass is 281 g/mol. The minimum atomic E-state index is -0.534. The summed E-state index contributed by atoms with van der Waals surface area (Å²) in [6.45, 7) is 3.54. The quantitative estimate of drug-likeness (QED) is 0.880. The second-order valence-electron chi connectivity index (χ2n) is 5.02. The van der Waals surface area contributed by atoms with E-state index in [-0.39, 0.29) is 11.5 Å². The number of anilines is 1. The zero-order valence-electron chi connectivity index (χ0n) is 11.6. The highest BCUT2D eigenvalue weighted by atomic mass is 19.1. The molecule has 0 saturated carbocycles. The number of carbonyl (C=O) groups is 1. The SMILES string of the molecule is CCCNc1ncc(F)cc1C(=O)N1CCCC(O)C1. The number of nitrogens with zero attached hydrogens (tertiary/aromatic N) is 2. The molecule has 2 N–H and O–H groups in total. The molecule has 2 rings (SSSR count). The van der Waals surface area contributed by atoms with Crippen LogP contribution < -0.4 is 5.32 Å². The highest BCUT2D eigenvalue weighted by Gasteiger charge is 2.25. The van der Waals surface area contributed by atoms with Gasteiger partial charge in [-0.05, 0) is 25.3 Å². The molecule has 0 aliphatic carbocycles. The van der Waals surface area contributed by atoms with Gasteiger partial charge in [0.15, 0.2) is 0 Å². The van der Waals surface area contributed by atoms with E-state index in [1.165, 1.54) is 6.07 Å². The number of aromatic nitrogens is 1. The van der Waals surface area contributed by atoms with E-state index in [9.17, 15) is 14.3 Å². The molecule has 0 bridgehead atoms. The first-order valence-electron chi connectivity index (χ1n) is 6.98. The predicted octanol–water partition coefficient (Wildman–Crippen LogP) is 1.64. The largest absolute Gasteiger partial charge is 0.391 e. The summed E-state index contributed by atoms with van der Waals surface area (Å²) in [4.78, 5) is 18.0. The number of piperidine rings is 1. The summed E-state index contributed by atoms with van der Waals surface area (Å²) in [5.41, 5.74) is 0.229. The van der Waals surface area contributed by atoms with Crippen molar-refractivity contribution >= 4 is 11.7 Å². The molecule has 5 nitrogen and oxygen atoms in total. The molecule has 1 amide bonds. The van der Waals surface area contributed by atoms with Crippen LogP contribution in [0, 0.1) is 5.82 Å². The molecule has 1 atom stereocenters. The summed E-state index contributed by atoms with van der Waals surface area (Å²) >= 11 is 0. The van der Waals surface area contributed by atoms with Crippen LogP contribution in [0.1, 0.15) is 36.5 Å². The third-order valence-corrected chi connectivity index (χ3v) is 3.31. The first kappa shape index (κ1) is 14.7. The molecule has 1 fully saturated rings. The van der Waals surface area contributed by atoms with Crippen LogP contribution in [-0.2, 0) is 0 Å². The van der Waals surface area contributed by atoms with Crippen LogP contribution in [0.15, 0.2) is 12.3 Å². The summed E-state index contributed by atoms with van der Waals surface area (Å²) in [7, 11) is 0. The zero-order chi connectivity index (χ0) is 14.5. The van der Waals surface area contributed by atoms with E-state index in [0.29, 0.717) is 31.9 Å². The minimum absolute atomic E-state index is 0.229. The van der Waals surface area contributed by atoms with Gasteiger partial charge in [0.25, 0.3) is 5.91 Å². The second-order valence-corrected chi connectivity index (χ2v) is 5.02. The Balaban J connectivity index is 2.20. The Morgan fingerprint density at radius 3 is 3.15 bits per heavy atom. The van der Waals surface area contributed by atoms with E-state index < -0.39 is 11.9 Å². The number of likely N-dealkylation sites (tertiary alicyclic amines) is 1. The van der Waals surface area contributed by atoms with Crippen molar-refractivity contribution in [3.8, 4) is 0 Å². The Bertz CT molecular complexity index is 481. The zero-order valence-corrected chi connectivity index (χ0v) is 11.6. The summed E-state index contributed by atoms with van der Waals surface area (Å²) < 4.78 is 13.4. The van der Waals surface area contributed by atoms with Crippen molar-refractivity contribution in [2.24, 2.45) is 0 Å². The van der Waals surface area contributed by atoms with Gasteiger partial charge < -0.3 is 15.3 Å². The minimum Gasteiger partial charge on any atom is -0.391 e. The Hall–Kier alpha value is -1.69. The van der Waals surface area contributed by atoms with Crippen molar-refractivity contribution in [1.82, 2.24) is 9.88 Å². The van der Waals surface area contributed by atoms with Gasteiger partial charge in [0.1, 0.15) is 11.6 Å². The number of hydrogen-bond acceptors (Lipinski definition) is 4. The molecule has 20 heavy (non-hydrogen) atoms. The number of carbonyl (C=O) groups excluding carboxylic acids is 1. The maximum absolute atomic E-state index is 13.4. The van der Waals surface area contributed by atoms with Crippen molar-refractivity contribution in [3.63, 3.8) is 0 Å². The number of nitrogens with one attached hydrogen (secondary N) is 1. The van der Waals surface area contributed by atoms with Crippen molar-refractivity contribution in [1.29, 1.82) is 0 Å². The van der Waals surface area contributed by atoms with Gasteiger partial charge >= 0.3 is 0 Å². The lowest BCUT2D eigenvalue weighted by Crippen LogP contribution is -2.42. The van der Waals surface area contributed by atoms with Crippen molar-refractivity contribution in [2.45, 2.75) is 32.3 Å². The Labute approximate surface area is 117 Å². The first-order chi connectivity index (χ1) is 9.61. The average Bonchev–Trinajstić information content (AvgIpc) is 2.45. The first-order valence-corrected chi connectivity index (χ1v) is 6.98. The molecule has 1 unspecified atom stereocenters. The Morgan fingerprint density at radius 2 is 2.45 bits per heavy atom. The summed E-state index contributed by atoms with van der Waals surface area (Å²) in [5, 5.41) is 12.7. The van der Waals surface area contributed by atoms with Crippen LogP contribution in [0.5, 0.6) is 0 Å². The summed E-state index contributed by atoms with van der Waals surface area (Å²) in [6, 6.07) is 1.20. The van der Waals surface area contributed by atoms with Gasteiger partial charge in [0, 0.05) is 19.6 Å². The van der Waals surface area contributed by atoms with Gasteiger partial charge in [-0.3, -0.25) is 4.79 Å². The second kappa shape index (κ2) is 6.65. The predicted molar refractivity (Wildman–Crippen MR) is 74.1 cm³/mol. The lowest BCUT2D eigenvalue weighted by Gasteiger charge is -2.30. The fourth-order valence-corrected chi connectivity index (χ4v) is 2.30. The maximum atomic E-state index is 13.4. The van der Waals surface area contributed by atoms with E-state index in [1.807, 2.05) is 6.92 Å². The molecule has 1 aromatic rings. The fraction of sp³-hybridized carbons (Fsp3) is 0.571. The van der Waals surface area contributed by atoms with E-state index >= 15 is 0 Å². The molecule has 2 heterocycles. The molecule has 0 radical (unpaired) electrons. The molecule has 1 aliphatic rings. The smallest absolute Gasteiger partial charge is 0.257 e. The average molecular weight is 281 g/mol. The lowest BCUT2D eigenvalue weighted by atomic mass is 10.1. The molecule has 0 aromatic carbocycles. The molecule has 1 aromatic heterocycles. The van der Waals surface area contributed by atoms with Gasteiger partial charge in [0.05, 0.1) is 17.9 Å². The van der Waals surface area contributed by atoms with Crippen LogP contribution in [0.2, 0.25) is 0 Å². The fourth-order valence-electron chi connectivity index (χ4n) is 2.30. The lowest BCUT2D eigenvalue weighted by molar-refractivity contribution is 0.0474. The van der Waals surface area contributed by atoms with Gasteiger partial charge in [-0.15, -0.1) is 0 Å². The van der Waals surface area contributed by atoms with Crippen LogP contribution >= 0.6 is 0 Å². The molecular formula is C14H20FN3O2. The van der Waals surface area contributed by atoms with Crippen LogP contribution in [0.4, 0.5) is 10.2 Å². The number of aliphatic hydroxyl groups is 1. The molecule has 6 heteroatoms. The van der Waals surface area contributed by atoms with Gasteiger partial charge in [-0.25, -0.2) is 9.37 Å². The maximum Gasteiger partial charge on any atom is 0.257 e. The van der Waals surface area contributed by atoms with E-state index in [2.05, 4.69) is 10.3 Å². The highest BCUT2D eigenvalue weighted by Crippen LogP contribution is 2.19. The van der Waals surface area contributed by atoms with Gasteiger partial charge in [-0.1, -0.05) is 6.92 Å². The normalized spacial score (nSPS) is 18.9. The standard InChI is InChI=1S/C14H20FN3O2/c1-2-5-16-13-12(7-10(15)8-17-13)14(20)18-6-3-4-11(19)9-18/h7-8,11,19H,2-6,9H2,1H3,(H,16,17). The number of halogens is 1. The number of hydrogen-bond donors (Lipinski definition) is 2. The number of β-amino-alcohol motifs (C(OH)–C–C–N with tert-alkyl or cyclic N) is 1. The van der Waals surface area contributed by atoms with Crippen molar-refractivity contribution in [3.05, 3.63) is 23.6 Å². The summed E-state index contributed by atoms with van der Waals surface area (Å²) in [5.74, 6) is -0.416. The highest BCUT2D eigenvalue weighted by molar-refractivity contribution is 5.98. The van der Waals surface area contributed by atoms with E-state index in [1.54, 1.807) is 4.90 Å². The number of rotatable bonds is 4. The molecular weight excluding hydrogens is 261 g/mol. The summed E-state index contributed by atoms with van der Waals surface area (Å²) in [6.07, 6.45) is 2.94. The van der Waals surface area contributed by atoms with Gasteiger partial charge in [-0.2, -0.15) is 0 Å². The Morgan fingerprint density at radius 1 is 1.65 bits per heavy atom. The number of pyridine rings is 1. The molecule has 1 saturated heterocycles. The van der Waals surface area contributed by atoms with Crippen LogP contribution in [0.25, 0.3) is 0 Å². The van der Waals surface area contributed by atoms with E-state index in [4.69, 9.17) is 0 Å². The number of amides is 1. The third kappa shape index (κ3) is 3.45. The molecule has 0 spiro atoms. The van der Waals surface area contributed by atoms with Gasteiger partial charge in [0.2, 0.25) is 0 Å².